The van der Waals surface area contributed by atoms with Gasteiger partial charge in [-0.15, -0.1) is 0 Å². The van der Waals surface area contributed by atoms with Crippen LogP contribution in [0.2, 0.25) is 0 Å². The number of aromatic nitrogens is 2. The van der Waals surface area contributed by atoms with Gasteiger partial charge >= 0.3 is 0 Å². The molecule has 3 rings (SSSR count). The Balaban J connectivity index is 1.85. The van der Waals surface area contributed by atoms with Crippen molar-refractivity contribution in [1.82, 2.24) is 15.3 Å². The van der Waals surface area contributed by atoms with Crippen LogP contribution in [0.3, 0.4) is 0 Å². The first-order valence-electron chi connectivity index (χ1n) is 7.96. The average molecular weight is 359 g/mol. The second-order valence-electron chi connectivity index (χ2n) is 6.45. The van der Waals surface area contributed by atoms with Crippen LogP contribution in [0.4, 0.5) is 0 Å². The van der Waals surface area contributed by atoms with Gasteiger partial charge in [0.15, 0.2) is 5.16 Å². The standard InChI is InChI=1S/C18H21N3O3S/c1-18(2)8-14(13-6-5-12(23-3)7-15(13)24-18)21-16(22)11-9-19-17(25-4)20-10-11/h5-7,9-10,14H,8H2,1-4H3,(H,21,22)/t14-/m0/s1. The second kappa shape index (κ2) is 6.92. The SMILES string of the molecule is COc1ccc2c(c1)OC(C)(C)C[C@@H]2NC(=O)c1cnc(SC)nc1. The molecule has 1 N–H and O–H groups in total. The first-order valence-corrected chi connectivity index (χ1v) is 9.18. The first-order chi connectivity index (χ1) is 11.9. The van der Waals surface area contributed by atoms with Crippen LogP contribution in [0.25, 0.3) is 0 Å². The Hall–Kier alpha value is -2.28. The van der Waals surface area contributed by atoms with Crippen molar-refractivity contribution in [2.75, 3.05) is 13.4 Å². The fourth-order valence-electron chi connectivity index (χ4n) is 2.87. The molecule has 0 fully saturated rings. The van der Waals surface area contributed by atoms with Crippen molar-refractivity contribution in [2.45, 2.75) is 37.1 Å². The van der Waals surface area contributed by atoms with E-state index in [0.29, 0.717) is 17.1 Å². The third kappa shape index (κ3) is 3.87. The van der Waals surface area contributed by atoms with Crippen molar-refractivity contribution in [3.63, 3.8) is 0 Å². The van der Waals surface area contributed by atoms with Gasteiger partial charge in [0.2, 0.25) is 0 Å². The number of rotatable bonds is 4. The number of thioether (sulfide) groups is 1. The molecule has 6 nitrogen and oxygen atoms in total. The molecular formula is C18H21N3O3S. The summed E-state index contributed by atoms with van der Waals surface area (Å²) in [5, 5.41) is 3.72. The van der Waals surface area contributed by atoms with E-state index in [9.17, 15) is 4.79 Å². The maximum absolute atomic E-state index is 12.6. The minimum Gasteiger partial charge on any atom is -0.497 e. The molecule has 1 aromatic heterocycles. The third-order valence-electron chi connectivity index (χ3n) is 4.06. The largest absolute Gasteiger partial charge is 0.497 e. The van der Waals surface area contributed by atoms with Crippen LogP contribution in [0.15, 0.2) is 35.7 Å². The predicted octanol–water partition coefficient (Wildman–Crippen LogP) is 3.24. The molecule has 0 spiro atoms. The highest BCUT2D eigenvalue weighted by Gasteiger charge is 2.35. The molecule has 7 heteroatoms. The number of nitrogens with one attached hydrogen (secondary N) is 1. The van der Waals surface area contributed by atoms with Crippen LogP contribution in [0.5, 0.6) is 11.5 Å². The number of ether oxygens (including phenoxy) is 2. The fraction of sp³-hybridized carbons (Fsp3) is 0.389. The van der Waals surface area contributed by atoms with Gasteiger partial charge in [-0.25, -0.2) is 9.97 Å². The van der Waals surface area contributed by atoms with Crippen LogP contribution in [-0.2, 0) is 0 Å². The number of fused-ring (bicyclic) bond motifs is 1. The van der Waals surface area contributed by atoms with Gasteiger partial charge < -0.3 is 14.8 Å². The van der Waals surface area contributed by atoms with E-state index in [0.717, 1.165) is 17.1 Å². The molecule has 2 heterocycles. The van der Waals surface area contributed by atoms with E-state index < -0.39 is 5.60 Å². The Morgan fingerprint density at radius 3 is 2.72 bits per heavy atom. The Labute approximate surface area is 151 Å². The molecule has 1 atom stereocenters. The minimum atomic E-state index is -0.392. The summed E-state index contributed by atoms with van der Waals surface area (Å²) < 4.78 is 11.3. The highest BCUT2D eigenvalue weighted by molar-refractivity contribution is 7.98. The van der Waals surface area contributed by atoms with Crippen molar-refractivity contribution < 1.29 is 14.3 Å². The summed E-state index contributed by atoms with van der Waals surface area (Å²) in [7, 11) is 1.62. The fourth-order valence-corrected chi connectivity index (χ4v) is 3.18. The van der Waals surface area contributed by atoms with Crippen molar-refractivity contribution in [3.05, 3.63) is 41.7 Å². The van der Waals surface area contributed by atoms with Crippen molar-refractivity contribution >= 4 is 17.7 Å². The smallest absolute Gasteiger partial charge is 0.254 e. The number of benzene rings is 1. The number of nitrogens with zero attached hydrogens (tertiary/aromatic N) is 2. The van der Waals surface area contributed by atoms with Crippen LogP contribution >= 0.6 is 11.8 Å². The van der Waals surface area contributed by atoms with Gasteiger partial charge in [0.25, 0.3) is 5.91 Å². The third-order valence-corrected chi connectivity index (χ3v) is 4.63. The lowest BCUT2D eigenvalue weighted by molar-refractivity contribution is 0.0617. The molecule has 0 bridgehead atoms. The quantitative estimate of drug-likeness (QED) is 0.667. The summed E-state index contributed by atoms with van der Waals surface area (Å²) in [4.78, 5) is 20.9. The van der Waals surface area contributed by atoms with Gasteiger partial charge in [-0.2, -0.15) is 0 Å². The number of hydrogen-bond donors (Lipinski definition) is 1. The highest BCUT2D eigenvalue weighted by Crippen LogP contribution is 2.41. The summed E-state index contributed by atoms with van der Waals surface area (Å²) in [6, 6.07) is 5.50. The molecule has 2 aromatic rings. The average Bonchev–Trinajstić information content (AvgIpc) is 2.60. The van der Waals surface area contributed by atoms with Gasteiger partial charge in [-0.05, 0) is 32.2 Å². The second-order valence-corrected chi connectivity index (χ2v) is 7.23. The Kier molecular flexibility index (Phi) is 4.85. The number of amides is 1. The normalized spacial score (nSPS) is 18.0. The van der Waals surface area contributed by atoms with Gasteiger partial charge in [0, 0.05) is 30.4 Å². The lowest BCUT2D eigenvalue weighted by Gasteiger charge is -2.38. The number of carbonyl (C=O) groups is 1. The molecule has 25 heavy (non-hydrogen) atoms. The van der Waals surface area contributed by atoms with E-state index in [1.807, 2.05) is 38.3 Å². The monoisotopic (exact) mass is 359 g/mol. The first kappa shape index (κ1) is 17.5. The Morgan fingerprint density at radius 1 is 1.36 bits per heavy atom. The van der Waals surface area contributed by atoms with Crippen LogP contribution < -0.4 is 14.8 Å². The van der Waals surface area contributed by atoms with Gasteiger partial charge in [-0.3, -0.25) is 4.79 Å². The van der Waals surface area contributed by atoms with Crippen molar-refractivity contribution in [2.24, 2.45) is 0 Å². The summed E-state index contributed by atoms with van der Waals surface area (Å²) in [5.74, 6) is 1.26. The molecule has 0 saturated carbocycles. The molecule has 0 aliphatic carbocycles. The zero-order chi connectivity index (χ0) is 18.0. The molecule has 1 aliphatic rings. The zero-order valence-electron chi connectivity index (χ0n) is 14.7. The van der Waals surface area contributed by atoms with Crippen LogP contribution in [-0.4, -0.2) is 34.8 Å². The minimum absolute atomic E-state index is 0.155. The lowest BCUT2D eigenvalue weighted by atomic mass is 9.89. The summed E-state index contributed by atoms with van der Waals surface area (Å²) in [6.45, 7) is 4.01. The van der Waals surface area contributed by atoms with E-state index in [1.165, 1.54) is 11.8 Å². The zero-order valence-corrected chi connectivity index (χ0v) is 15.5. The number of carbonyl (C=O) groups excluding carboxylic acids is 1. The van der Waals surface area contributed by atoms with Crippen LogP contribution in [0, 0.1) is 0 Å². The van der Waals surface area contributed by atoms with Crippen LogP contribution in [0.1, 0.15) is 42.2 Å². The topological polar surface area (TPSA) is 73.3 Å². The summed E-state index contributed by atoms with van der Waals surface area (Å²) in [5.41, 5.74) is 0.989. The van der Waals surface area contributed by atoms with E-state index >= 15 is 0 Å². The molecule has 1 aliphatic heterocycles. The highest BCUT2D eigenvalue weighted by atomic mass is 32.2. The molecular weight excluding hydrogens is 338 g/mol. The molecule has 0 saturated heterocycles. The van der Waals surface area contributed by atoms with Gasteiger partial charge in [-0.1, -0.05) is 11.8 Å². The molecule has 0 radical (unpaired) electrons. The van der Waals surface area contributed by atoms with E-state index in [1.54, 1.807) is 19.5 Å². The molecule has 132 valence electrons. The molecule has 0 unspecified atom stereocenters. The summed E-state index contributed by atoms with van der Waals surface area (Å²) in [6.07, 6.45) is 5.66. The lowest BCUT2D eigenvalue weighted by Crippen LogP contribution is -2.41. The Bertz CT molecular complexity index is 778. The molecule has 1 amide bonds. The van der Waals surface area contributed by atoms with E-state index in [-0.39, 0.29) is 11.9 Å². The number of hydrogen-bond acceptors (Lipinski definition) is 6. The van der Waals surface area contributed by atoms with E-state index in [4.69, 9.17) is 9.47 Å². The Morgan fingerprint density at radius 2 is 2.08 bits per heavy atom. The van der Waals surface area contributed by atoms with Gasteiger partial charge in [0.1, 0.15) is 17.1 Å². The van der Waals surface area contributed by atoms with Gasteiger partial charge in [0.05, 0.1) is 18.7 Å². The predicted molar refractivity (Wildman–Crippen MR) is 96.3 cm³/mol. The van der Waals surface area contributed by atoms with Crippen molar-refractivity contribution in [1.29, 1.82) is 0 Å². The molecule has 1 aromatic carbocycles. The summed E-state index contributed by atoms with van der Waals surface area (Å²) >= 11 is 1.44. The number of methoxy groups -OCH3 is 1. The maximum Gasteiger partial charge on any atom is 0.254 e. The van der Waals surface area contributed by atoms with E-state index in [2.05, 4.69) is 15.3 Å². The maximum atomic E-state index is 12.6. The van der Waals surface area contributed by atoms with Crippen molar-refractivity contribution in [3.8, 4) is 11.5 Å².